The van der Waals surface area contributed by atoms with E-state index in [4.69, 9.17) is 18.9 Å². The number of ketones is 1. The van der Waals surface area contributed by atoms with E-state index < -0.39 is 12.2 Å². The first-order valence-corrected chi connectivity index (χ1v) is 12.4. The summed E-state index contributed by atoms with van der Waals surface area (Å²) in [4.78, 5) is 23.4. The van der Waals surface area contributed by atoms with Crippen molar-refractivity contribution in [3.63, 3.8) is 0 Å². The lowest BCUT2D eigenvalue weighted by atomic mass is 9.81. The summed E-state index contributed by atoms with van der Waals surface area (Å²) in [6.07, 6.45) is 10.8. The maximum absolute atomic E-state index is 12.4. The largest absolute Gasteiger partial charge is 0.459 e. The smallest absolute Gasteiger partial charge is 0.303 e. The van der Waals surface area contributed by atoms with Crippen LogP contribution in [0, 0.1) is 11.8 Å². The van der Waals surface area contributed by atoms with Gasteiger partial charge < -0.3 is 24.1 Å². The van der Waals surface area contributed by atoms with Gasteiger partial charge in [0.2, 0.25) is 0 Å². The summed E-state index contributed by atoms with van der Waals surface area (Å²) < 4.78 is 22.5. The molecular weight excluding hydrogens is 436 g/mol. The van der Waals surface area contributed by atoms with Gasteiger partial charge >= 0.3 is 5.97 Å². The van der Waals surface area contributed by atoms with Crippen LogP contribution in [0.5, 0.6) is 0 Å². The number of aliphatic hydroxyl groups is 1. The molecule has 1 N–H and O–H groups in total. The molecule has 3 fully saturated rings. The fraction of sp³-hybridized carbons (Fsp3) is 0.704. The lowest BCUT2D eigenvalue weighted by molar-refractivity contribution is -0.143. The summed E-state index contributed by atoms with van der Waals surface area (Å²) in [5.74, 6) is 0.164. The van der Waals surface area contributed by atoms with Crippen molar-refractivity contribution in [2.24, 2.45) is 11.8 Å². The molecule has 0 aromatic carbocycles. The molecule has 34 heavy (non-hydrogen) atoms. The molecule has 3 aliphatic rings. The Labute approximate surface area is 203 Å². The second kappa shape index (κ2) is 11.8. The zero-order chi connectivity index (χ0) is 24.9. The first-order chi connectivity index (χ1) is 16.1. The molecule has 0 amide bonds. The Morgan fingerprint density at radius 3 is 2.65 bits per heavy atom. The van der Waals surface area contributed by atoms with Crippen LogP contribution in [-0.2, 0) is 28.5 Å². The molecule has 8 atom stereocenters. The Morgan fingerprint density at radius 1 is 1.24 bits per heavy atom. The van der Waals surface area contributed by atoms with Crippen LogP contribution in [0.25, 0.3) is 0 Å². The summed E-state index contributed by atoms with van der Waals surface area (Å²) in [5.41, 5.74) is 0.709. The summed E-state index contributed by atoms with van der Waals surface area (Å²) in [5, 5.41) is 10.5. The normalized spacial score (nSPS) is 37.3. The highest BCUT2D eigenvalue weighted by molar-refractivity contribution is 5.89. The van der Waals surface area contributed by atoms with Gasteiger partial charge in [0.1, 0.15) is 23.9 Å². The maximum Gasteiger partial charge on any atom is 0.303 e. The molecule has 0 bridgehead atoms. The number of hydrogen-bond donors (Lipinski definition) is 1. The van der Waals surface area contributed by atoms with Crippen molar-refractivity contribution >= 4 is 11.8 Å². The number of esters is 1. The van der Waals surface area contributed by atoms with Crippen molar-refractivity contribution in [2.75, 3.05) is 13.2 Å². The van der Waals surface area contributed by atoms with Crippen molar-refractivity contribution in [3.05, 3.63) is 36.0 Å². The lowest BCUT2D eigenvalue weighted by Crippen LogP contribution is -2.46. The molecule has 7 heteroatoms. The van der Waals surface area contributed by atoms with Gasteiger partial charge in [0.05, 0.1) is 25.4 Å². The molecule has 190 valence electrons. The van der Waals surface area contributed by atoms with E-state index in [1.165, 1.54) is 13.0 Å². The monoisotopic (exact) mass is 476 g/mol. The predicted molar refractivity (Wildman–Crippen MR) is 128 cm³/mol. The Balaban J connectivity index is 1.45. The van der Waals surface area contributed by atoms with Crippen molar-refractivity contribution in [2.45, 2.75) is 96.4 Å². The van der Waals surface area contributed by atoms with E-state index in [-0.39, 0.29) is 41.6 Å². The van der Waals surface area contributed by atoms with Gasteiger partial charge in [-0.25, -0.2) is 0 Å². The van der Waals surface area contributed by atoms with Gasteiger partial charge in [0.15, 0.2) is 5.78 Å². The molecule has 0 saturated carbocycles. The van der Waals surface area contributed by atoms with Crippen LogP contribution in [0.2, 0.25) is 0 Å². The quantitative estimate of drug-likeness (QED) is 0.235. The van der Waals surface area contributed by atoms with Crippen molar-refractivity contribution < 1.29 is 33.6 Å². The number of epoxide rings is 1. The van der Waals surface area contributed by atoms with Gasteiger partial charge in [-0.15, -0.1) is 0 Å². The molecule has 7 nitrogen and oxygen atoms in total. The fourth-order valence-electron chi connectivity index (χ4n) is 4.84. The van der Waals surface area contributed by atoms with Crippen LogP contribution in [-0.4, -0.2) is 66.2 Å². The van der Waals surface area contributed by atoms with E-state index in [0.29, 0.717) is 25.6 Å². The van der Waals surface area contributed by atoms with Gasteiger partial charge in [-0.05, 0) is 57.6 Å². The standard InChI is InChI=1S/C27H40O7/c1-17(7-11-25-26(30)27(16-32-27)12-13-31-25)6-10-24-18(2)14-22(20(4)34-24)15-23(29)9-8-19(3)33-21(5)28/h6-9,11,18-20,22,24-26,30H,10,12-16H2,1-5H3/b9-8-,11-7+,17-6+/t18-,19-,20+,22-,24-,25?,26+,27+/m0/s1. The average molecular weight is 477 g/mol. The van der Waals surface area contributed by atoms with Gasteiger partial charge in [-0.1, -0.05) is 30.7 Å². The van der Waals surface area contributed by atoms with Crippen LogP contribution < -0.4 is 0 Å². The predicted octanol–water partition coefficient (Wildman–Crippen LogP) is 3.69. The van der Waals surface area contributed by atoms with E-state index in [2.05, 4.69) is 13.0 Å². The maximum atomic E-state index is 12.4. The second-order valence-electron chi connectivity index (χ2n) is 10.1. The summed E-state index contributed by atoms with van der Waals surface area (Å²) in [6.45, 7) is 10.6. The van der Waals surface area contributed by atoms with E-state index in [1.54, 1.807) is 13.0 Å². The lowest BCUT2D eigenvalue weighted by Gasteiger charge is -2.38. The number of ether oxygens (including phenoxy) is 4. The van der Waals surface area contributed by atoms with Crippen molar-refractivity contribution in [3.8, 4) is 0 Å². The third kappa shape index (κ3) is 7.35. The van der Waals surface area contributed by atoms with E-state index in [1.807, 2.05) is 26.0 Å². The molecular formula is C27H40O7. The van der Waals surface area contributed by atoms with Crippen LogP contribution >= 0.6 is 0 Å². The van der Waals surface area contributed by atoms with Crippen molar-refractivity contribution in [1.29, 1.82) is 0 Å². The van der Waals surface area contributed by atoms with Crippen molar-refractivity contribution in [1.82, 2.24) is 0 Å². The number of allylic oxidation sites excluding steroid dienone is 3. The third-order valence-corrected chi connectivity index (χ3v) is 7.15. The molecule has 3 aliphatic heterocycles. The number of hydrogen-bond acceptors (Lipinski definition) is 7. The van der Waals surface area contributed by atoms with E-state index in [0.717, 1.165) is 24.8 Å². The van der Waals surface area contributed by atoms with E-state index in [9.17, 15) is 14.7 Å². The Kier molecular flexibility index (Phi) is 9.27. The second-order valence-corrected chi connectivity index (χ2v) is 10.1. The third-order valence-electron chi connectivity index (χ3n) is 7.15. The molecule has 0 aromatic heterocycles. The highest BCUT2D eigenvalue weighted by atomic mass is 16.6. The molecule has 3 rings (SSSR count). The molecule has 1 spiro atoms. The van der Waals surface area contributed by atoms with Crippen LogP contribution in [0.4, 0.5) is 0 Å². The molecule has 3 saturated heterocycles. The zero-order valence-electron chi connectivity index (χ0n) is 21.1. The Hall–Kier alpha value is -1.80. The summed E-state index contributed by atoms with van der Waals surface area (Å²) in [7, 11) is 0. The topological polar surface area (TPSA) is 94.6 Å². The first-order valence-electron chi connectivity index (χ1n) is 12.4. The number of aliphatic hydroxyl groups excluding tert-OH is 1. The van der Waals surface area contributed by atoms with E-state index >= 15 is 0 Å². The molecule has 0 aromatic rings. The molecule has 3 heterocycles. The minimum absolute atomic E-state index is 0.00536. The molecule has 1 unspecified atom stereocenters. The van der Waals surface area contributed by atoms with Gasteiger partial charge in [0.25, 0.3) is 0 Å². The highest BCUT2D eigenvalue weighted by Gasteiger charge is 2.55. The van der Waals surface area contributed by atoms with Gasteiger partial charge in [-0.2, -0.15) is 0 Å². The summed E-state index contributed by atoms with van der Waals surface area (Å²) in [6, 6.07) is 0. The fourth-order valence-corrected chi connectivity index (χ4v) is 4.84. The van der Waals surface area contributed by atoms with Crippen LogP contribution in [0.1, 0.15) is 60.3 Å². The Bertz CT molecular complexity index is 810. The van der Waals surface area contributed by atoms with Crippen LogP contribution in [0.3, 0.4) is 0 Å². The Morgan fingerprint density at radius 2 is 1.97 bits per heavy atom. The molecule has 0 radical (unpaired) electrons. The van der Waals surface area contributed by atoms with Crippen LogP contribution in [0.15, 0.2) is 36.0 Å². The van der Waals surface area contributed by atoms with Gasteiger partial charge in [0, 0.05) is 19.8 Å². The molecule has 0 aliphatic carbocycles. The summed E-state index contributed by atoms with van der Waals surface area (Å²) >= 11 is 0. The SMILES string of the molecule is CC(=O)O[C@@H](C)/C=C\C(=O)C[C@@H]1C[C@H](C)[C@H](C/C=C(C)/C=C/C2OCC[C@@]3(CO3)[C@@H]2O)O[C@@H]1C. The number of carbonyl (C=O) groups is 2. The first kappa shape index (κ1) is 26.8. The minimum atomic E-state index is -0.618. The highest BCUT2D eigenvalue weighted by Crippen LogP contribution is 2.40. The zero-order valence-corrected chi connectivity index (χ0v) is 21.1. The number of rotatable bonds is 9. The van der Waals surface area contributed by atoms with Gasteiger partial charge in [-0.3, -0.25) is 9.59 Å². The minimum Gasteiger partial charge on any atom is -0.459 e. The average Bonchev–Trinajstić information content (AvgIpc) is 3.54. The number of carbonyl (C=O) groups excluding carboxylic acids is 2.